The molecule has 5 nitrogen and oxygen atoms in total. The third-order valence-corrected chi connectivity index (χ3v) is 5.31. The Morgan fingerprint density at radius 2 is 1.76 bits per heavy atom. The van der Waals surface area contributed by atoms with Crippen LogP contribution in [0.25, 0.3) is 0 Å². The van der Waals surface area contributed by atoms with E-state index in [-0.39, 0.29) is 5.91 Å². The van der Waals surface area contributed by atoms with E-state index >= 15 is 0 Å². The zero-order valence-corrected chi connectivity index (χ0v) is 13.0. The lowest BCUT2D eigenvalue weighted by Crippen LogP contribution is -2.45. The van der Waals surface area contributed by atoms with E-state index < -0.39 is 23.4 Å². The fourth-order valence-electron chi connectivity index (χ4n) is 4.02. The van der Waals surface area contributed by atoms with Gasteiger partial charge in [-0.05, 0) is 31.6 Å². The molecule has 3 atom stereocenters. The summed E-state index contributed by atoms with van der Waals surface area (Å²) in [5.41, 5.74) is -0.772. The molecule has 3 unspecified atom stereocenters. The van der Waals surface area contributed by atoms with Gasteiger partial charge in [-0.2, -0.15) is 0 Å². The van der Waals surface area contributed by atoms with E-state index in [0.717, 1.165) is 32.1 Å². The van der Waals surface area contributed by atoms with Crippen LogP contribution in [-0.2, 0) is 9.59 Å². The fraction of sp³-hybridized carbons (Fsp3) is 0.875. The van der Waals surface area contributed by atoms with Crippen LogP contribution in [0, 0.1) is 17.8 Å². The fourth-order valence-corrected chi connectivity index (χ4v) is 4.02. The van der Waals surface area contributed by atoms with E-state index in [2.05, 4.69) is 0 Å². The lowest BCUT2D eigenvalue weighted by molar-refractivity contribution is -0.149. The van der Waals surface area contributed by atoms with Crippen molar-refractivity contribution in [1.82, 2.24) is 4.90 Å². The highest BCUT2D eigenvalue weighted by molar-refractivity contribution is 5.85. The molecular formula is C16H27NO4. The molecule has 120 valence electrons. The molecule has 0 radical (unpaired) electrons. The number of hydrogen-bond acceptors (Lipinski definition) is 3. The number of carboxylic acids is 1. The molecule has 0 aromatic heterocycles. The Hall–Kier alpha value is -1.10. The summed E-state index contributed by atoms with van der Waals surface area (Å²) >= 11 is 0. The van der Waals surface area contributed by atoms with Crippen LogP contribution in [0.5, 0.6) is 0 Å². The molecule has 0 aliphatic heterocycles. The maximum atomic E-state index is 12.6. The first-order chi connectivity index (χ1) is 9.86. The van der Waals surface area contributed by atoms with Gasteiger partial charge in [0, 0.05) is 13.6 Å². The maximum Gasteiger partial charge on any atom is 0.307 e. The topological polar surface area (TPSA) is 77.8 Å². The summed E-state index contributed by atoms with van der Waals surface area (Å²) in [4.78, 5) is 25.6. The van der Waals surface area contributed by atoms with Crippen LogP contribution in [0.3, 0.4) is 0 Å². The van der Waals surface area contributed by atoms with Crippen molar-refractivity contribution in [2.24, 2.45) is 17.8 Å². The molecule has 0 aromatic rings. The van der Waals surface area contributed by atoms with Gasteiger partial charge in [-0.25, -0.2) is 0 Å². The lowest BCUT2D eigenvalue weighted by Gasteiger charge is -2.31. The van der Waals surface area contributed by atoms with Gasteiger partial charge in [0.2, 0.25) is 5.91 Å². The zero-order valence-electron chi connectivity index (χ0n) is 13.0. The SMILES string of the molecule is CCC1CC(C(=O)O)C(C(=O)N(C)CC2(O)CCCC2)C1. The Morgan fingerprint density at radius 3 is 2.29 bits per heavy atom. The van der Waals surface area contributed by atoms with Crippen molar-refractivity contribution in [2.45, 2.75) is 57.5 Å². The minimum atomic E-state index is -0.864. The average molecular weight is 297 g/mol. The van der Waals surface area contributed by atoms with Gasteiger partial charge in [0.15, 0.2) is 0 Å². The molecule has 2 saturated carbocycles. The van der Waals surface area contributed by atoms with Gasteiger partial charge in [0.1, 0.15) is 0 Å². The van der Waals surface area contributed by atoms with E-state index in [1.807, 2.05) is 6.92 Å². The second kappa shape index (κ2) is 6.34. The average Bonchev–Trinajstić information content (AvgIpc) is 3.04. The molecule has 0 aromatic carbocycles. The lowest BCUT2D eigenvalue weighted by atomic mass is 9.94. The third-order valence-electron chi connectivity index (χ3n) is 5.31. The number of likely N-dealkylation sites (N-methyl/N-ethyl adjacent to an activating group) is 1. The number of carbonyl (C=O) groups excluding carboxylic acids is 1. The van der Waals surface area contributed by atoms with Crippen LogP contribution in [0.1, 0.15) is 51.9 Å². The Kier molecular flexibility index (Phi) is 4.91. The van der Waals surface area contributed by atoms with Crippen LogP contribution < -0.4 is 0 Å². The third kappa shape index (κ3) is 3.57. The minimum Gasteiger partial charge on any atom is -0.481 e. The van der Waals surface area contributed by atoms with Crippen LogP contribution >= 0.6 is 0 Å². The summed E-state index contributed by atoms with van der Waals surface area (Å²) < 4.78 is 0. The second-order valence-electron chi connectivity index (χ2n) is 6.92. The van der Waals surface area contributed by atoms with Crippen molar-refractivity contribution in [3.05, 3.63) is 0 Å². The normalized spacial score (nSPS) is 31.3. The van der Waals surface area contributed by atoms with Gasteiger partial charge in [0.25, 0.3) is 0 Å². The van der Waals surface area contributed by atoms with E-state index in [4.69, 9.17) is 0 Å². The number of hydrogen-bond donors (Lipinski definition) is 2. The summed E-state index contributed by atoms with van der Waals surface area (Å²) in [5, 5.41) is 19.8. The standard InChI is InChI=1S/C16H27NO4/c1-3-11-8-12(13(9-11)15(19)20)14(18)17(2)10-16(21)6-4-5-7-16/h11-13,21H,3-10H2,1-2H3,(H,19,20). The molecule has 0 saturated heterocycles. The van der Waals surface area contributed by atoms with Crippen LogP contribution in [-0.4, -0.2) is 46.2 Å². The van der Waals surface area contributed by atoms with Gasteiger partial charge in [0.05, 0.1) is 17.4 Å². The molecular weight excluding hydrogens is 270 g/mol. The van der Waals surface area contributed by atoms with Crippen molar-refractivity contribution in [2.75, 3.05) is 13.6 Å². The molecule has 5 heteroatoms. The number of aliphatic hydroxyl groups is 1. The van der Waals surface area contributed by atoms with E-state index in [0.29, 0.717) is 25.3 Å². The van der Waals surface area contributed by atoms with Gasteiger partial charge in [-0.15, -0.1) is 0 Å². The second-order valence-corrected chi connectivity index (χ2v) is 6.92. The molecule has 21 heavy (non-hydrogen) atoms. The monoisotopic (exact) mass is 297 g/mol. The molecule has 1 amide bonds. The molecule has 2 fully saturated rings. The molecule has 2 N–H and O–H groups in total. The van der Waals surface area contributed by atoms with Crippen molar-refractivity contribution >= 4 is 11.9 Å². The summed E-state index contributed by atoms with van der Waals surface area (Å²) in [7, 11) is 1.69. The highest BCUT2D eigenvalue weighted by atomic mass is 16.4. The number of nitrogens with zero attached hydrogens (tertiary/aromatic N) is 1. The molecule has 2 rings (SSSR count). The first kappa shape index (κ1) is 16.3. The Balaban J connectivity index is 2.01. The zero-order chi connectivity index (χ0) is 15.6. The van der Waals surface area contributed by atoms with E-state index in [9.17, 15) is 19.8 Å². The summed E-state index contributed by atoms with van der Waals surface area (Å²) in [5.74, 6) is -1.65. The highest BCUT2D eigenvalue weighted by Gasteiger charge is 2.44. The number of carbonyl (C=O) groups is 2. The first-order valence-electron chi connectivity index (χ1n) is 8.06. The molecule has 0 heterocycles. The van der Waals surface area contributed by atoms with Gasteiger partial charge in [-0.1, -0.05) is 26.2 Å². The molecule has 2 aliphatic carbocycles. The summed E-state index contributed by atoms with van der Waals surface area (Å²) in [6.45, 7) is 2.37. The van der Waals surface area contributed by atoms with E-state index in [1.165, 1.54) is 0 Å². The summed E-state index contributed by atoms with van der Waals surface area (Å²) in [6.07, 6.45) is 5.64. The number of aliphatic carboxylic acids is 1. The molecule has 2 aliphatic rings. The maximum absolute atomic E-state index is 12.6. The van der Waals surface area contributed by atoms with E-state index in [1.54, 1.807) is 11.9 Å². The Morgan fingerprint density at radius 1 is 1.19 bits per heavy atom. The first-order valence-corrected chi connectivity index (χ1v) is 8.06. The van der Waals surface area contributed by atoms with Crippen molar-refractivity contribution in [3.8, 4) is 0 Å². The quantitative estimate of drug-likeness (QED) is 0.812. The molecule has 0 spiro atoms. The summed E-state index contributed by atoms with van der Waals surface area (Å²) in [6, 6.07) is 0. The van der Waals surface area contributed by atoms with Gasteiger partial charge >= 0.3 is 5.97 Å². The largest absolute Gasteiger partial charge is 0.481 e. The van der Waals surface area contributed by atoms with Crippen LogP contribution in [0.15, 0.2) is 0 Å². The van der Waals surface area contributed by atoms with Crippen molar-refractivity contribution in [3.63, 3.8) is 0 Å². The van der Waals surface area contributed by atoms with Gasteiger partial charge in [-0.3, -0.25) is 9.59 Å². The van der Waals surface area contributed by atoms with Crippen molar-refractivity contribution in [1.29, 1.82) is 0 Å². The number of rotatable bonds is 5. The van der Waals surface area contributed by atoms with Crippen LogP contribution in [0.4, 0.5) is 0 Å². The highest BCUT2D eigenvalue weighted by Crippen LogP contribution is 2.40. The van der Waals surface area contributed by atoms with Crippen molar-refractivity contribution < 1.29 is 19.8 Å². The minimum absolute atomic E-state index is 0.112. The number of amides is 1. The smallest absolute Gasteiger partial charge is 0.307 e. The predicted molar refractivity (Wildman–Crippen MR) is 78.7 cm³/mol. The Labute approximate surface area is 126 Å². The Bertz CT molecular complexity index is 403. The predicted octanol–water partition coefficient (Wildman–Crippen LogP) is 1.89. The van der Waals surface area contributed by atoms with Crippen LogP contribution in [0.2, 0.25) is 0 Å². The molecule has 0 bridgehead atoms. The number of carboxylic acid groups (broad SMARTS) is 1. The van der Waals surface area contributed by atoms with Gasteiger partial charge < -0.3 is 15.1 Å².